The lowest BCUT2D eigenvalue weighted by molar-refractivity contribution is 0.339. The molecule has 30 heavy (non-hydrogen) atoms. The summed E-state index contributed by atoms with van der Waals surface area (Å²) in [4.78, 5) is 0. The molecule has 0 radical (unpaired) electrons. The standard InChI is InChI=1S/C29H34O/c1-3-30-29-19-17-28(18-20-29)27-15-13-26(14-16-27)25-11-9-23(10-12-25)21-22(2)24-7-5-4-6-8-24/h4-12,17-20,22,26-27H,3,13-16,21H2,1-2H3/t22-,26?,27?/m1/s1. The van der Waals surface area contributed by atoms with Crippen molar-refractivity contribution < 1.29 is 4.74 Å². The van der Waals surface area contributed by atoms with Gasteiger partial charge >= 0.3 is 0 Å². The third-order valence-corrected chi connectivity index (χ3v) is 6.75. The molecule has 0 aliphatic heterocycles. The lowest BCUT2D eigenvalue weighted by Gasteiger charge is -2.29. The van der Waals surface area contributed by atoms with Crippen LogP contribution in [0.5, 0.6) is 5.75 Å². The van der Waals surface area contributed by atoms with Gasteiger partial charge in [0.05, 0.1) is 6.61 Å². The summed E-state index contributed by atoms with van der Waals surface area (Å²) in [7, 11) is 0. The second-order valence-electron chi connectivity index (χ2n) is 8.81. The fourth-order valence-electron chi connectivity index (χ4n) is 4.94. The zero-order valence-corrected chi connectivity index (χ0v) is 18.4. The first-order valence-electron chi connectivity index (χ1n) is 11.6. The summed E-state index contributed by atoms with van der Waals surface area (Å²) in [5, 5.41) is 0. The number of rotatable bonds is 7. The van der Waals surface area contributed by atoms with Crippen molar-refractivity contribution in [1.29, 1.82) is 0 Å². The number of benzene rings is 3. The van der Waals surface area contributed by atoms with Crippen LogP contribution >= 0.6 is 0 Å². The minimum Gasteiger partial charge on any atom is -0.494 e. The number of ether oxygens (including phenoxy) is 1. The first-order valence-corrected chi connectivity index (χ1v) is 11.6. The van der Waals surface area contributed by atoms with Crippen molar-refractivity contribution in [2.24, 2.45) is 0 Å². The summed E-state index contributed by atoms with van der Waals surface area (Å²) >= 11 is 0. The molecule has 0 amide bonds. The van der Waals surface area contributed by atoms with Gasteiger partial charge in [0.2, 0.25) is 0 Å². The largest absolute Gasteiger partial charge is 0.494 e. The highest BCUT2D eigenvalue weighted by atomic mass is 16.5. The number of hydrogen-bond donors (Lipinski definition) is 0. The SMILES string of the molecule is CCOc1ccc(C2CCC(c3ccc(C[C@@H](C)c4ccccc4)cc3)CC2)cc1. The Morgan fingerprint density at radius 3 is 1.80 bits per heavy atom. The molecule has 4 rings (SSSR count). The lowest BCUT2D eigenvalue weighted by atomic mass is 9.76. The van der Waals surface area contributed by atoms with E-state index in [0.29, 0.717) is 17.8 Å². The fourth-order valence-corrected chi connectivity index (χ4v) is 4.94. The normalized spacial score (nSPS) is 19.9. The molecule has 3 aromatic carbocycles. The van der Waals surface area contributed by atoms with Crippen molar-refractivity contribution in [3.63, 3.8) is 0 Å². The molecule has 1 saturated carbocycles. The van der Waals surface area contributed by atoms with Gasteiger partial charge in [0.25, 0.3) is 0 Å². The van der Waals surface area contributed by atoms with E-state index < -0.39 is 0 Å². The van der Waals surface area contributed by atoms with Crippen molar-refractivity contribution in [1.82, 2.24) is 0 Å². The Morgan fingerprint density at radius 2 is 1.27 bits per heavy atom. The molecule has 1 atom stereocenters. The van der Waals surface area contributed by atoms with Gasteiger partial charge in [-0.15, -0.1) is 0 Å². The van der Waals surface area contributed by atoms with Crippen molar-refractivity contribution in [2.45, 2.75) is 63.7 Å². The molecule has 3 aromatic rings. The molecule has 0 unspecified atom stereocenters. The van der Waals surface area contributed by atoms with Crippen molar-refractivity contribution in [3.05, 3.63) is 101 Å². The molecular weight excluding hydrogens is 364 g/mol. The van der Waals surface area contributed by atoms with E-state index in [0.717, 1.165) is 18.8 Å². The second kappa shape index (κ2) is 9.98. The topological polar surface area (TPSA) is 9.23 Å². The van der Waals surface area contributed by atoms with Gasteiger partial charge in [-0.1, -0.05) is 73.7 Å². The van der Waals surface area contributed by atoms with E-state index in [4.69, 9.17) is 4.74 Å². The Kier molecular flexibility index (Phi) is 6.89. The van der Waals surface area contributed by atoms with Crippen LogP contribution in [0.1, 0.15) is 79.5 Å². The van der Waals surface area contributed by atoms with Crippen LogP contribution < -0.4 is 4.74 Å². The predicted octanol–water partition coefficient (Wildman–Crippen LogP) is 7.87. The van der Waals surface area contributed by atoms with Gasteiger partial charge in [-0.3, -0.25) is 0 Å². The summed E-state index contributed by atoms with van der Waals surface area (Å²) in [6.07, 6.45) is 6.25. The molecule has 0 heterocycles. The Balaban J connectivity index is 1.31. The maximum atomic E-state index is 5.58. The van der Waals surface area contributed by atoms with Crippen LogP contribution in [0.25, 0.3) is 0 Å². The maximum Gasteiger partial charge on any atom is 0.119 e. The van der Waals surface area contributed by atoms with Crippen molar-refractivity contribution >= 4 is 0 Å². The Hall–Kier alpha value is -2.54. The van der Waals surface area contributed by atoms with E-state index in [2.05, 4.69) is 85.8 Å². The average Bonchev–Trinajstić information content (AvgIpc) is 2.81. The van der Waals surface area contributed by atoms with Crippen molar-refractivity contribution in [3.8, 4) is 5.75 Å². The smallest absolute Gasteiger partial charge is 0.119 e. The maximum absolute atomic E-state index is 5.58. The zero-order valence-electron chi connectivity index (χ0n) is 18.4. The van der Waals surface area contributed by atoms with Gasteiger partial charge < -0.3 is 4.74 Å². The van der Waals surface area contributed by atoms with E-state index in [1.807, 2.05) is 6.92 Å². The molecule has 1 aliphatic rings. The molecule has 0 saturated heterocycles. The molecule has 0 aromatic heterocycles. The van der Waals surface area contributed by atoms with Crippen LogP contribution in [0.2, 0.25) is 0 Å². The summed E-state index contributed by atoms with van der Waals surface area (Å²) in [5.41, 5.74) is 5.87. The van der Waals surface area contributed by atoms with Crippen LogP contribution in [-0.2, 0) is 6.42 Å². The Bertz CT molecular complexity index is 887. The van der Waals surface area contributed by atoms with E-state index >= 15 is 0 Å². The van der Waals surface area contributed by atoms with Crippen LogP contribution in [0.15, 0.2) is 78.9 Å². The molecular formula is C29H34O. The van der Waals surface area contributed by atoms with Crippen molar-refractivity contribution in [2.75, 3.05) is 6.61 Å². The third kappa shape index (κ3) is 5.14. The molecule has 0 N–H and O–H groups in total. The van der Waals surface area contributed by atoms with Gasteiger partial charge in [-0.2, -0.15) is 0 Å². The van der Waals surface area contributed by atoms with Crippen LogP contribution in [-0.4, -0.2) is 6.61 Å². The van der Waals surface area contributed by atoms with Crippen LogP contribution in [0.4, 0.5) is 0 Å². The molecule has 1 nitrogen and oxygen atoms in total. The highest BCUT2D eigenvalue weighted by Crippen LogP contribution is 2.40. The van der Waals surface area contributed by atoms with Gasteiger partial charge in [0, 0.05) is 0 Å². The third-order valence-electron chi connectivity index (χ3n) is 6.75. The molecule has 1 heteroatoms. The summed E-state index contributed by atoms with van der Waals surface area (Å²) in [6.45, 7) is 5.09. The summed E-state index contributed by atoms with van der Waals surface area (Å²) in [6, 6.07) is 29.1. The first kappa shape index (κ1) is 20.7. The van der Waals surface area contributed by atoms with E-state index in [9.17, 15) is 0 Å². The number of hydrogen-bond acceptors (Lipinski definition) is 1. The second-order valence-corrected chi connectivity index (χ2v) is 8.81. The summed E-state index contributed by atoms with van der Waals surface area (Å²) in [5.74, 6) is 2.95. The monoisotopic (exact) mass is 398 g/mol. The average molecular weight is 399 g/mol. The molecule has 0 spiro atoms. The highest BCUT2D eigenvalue weighted by molar-refractivity contribution is 5.31. The first-order chi connectivity index (χ1) is 14.7. The lowest BCUT2D eigenvalue weighted by Crippen LogP contribution is -2.12. The van der Waals surface area contributed by atoms with Crippen LogP contribution in [0.3, 0.4) is 0 Å². The molecule has 1 fully saturated rings. The van der Waals surface area contributed by atoms with Gasteiger partial charge in [0.15, 0.2) is 0 Å². The van der Waals surface area contributed by atoms with Gasteiger partial charge in [0.1, 0.15) is 5.75 Å². The van der Waals surface area contributed by atoms with E-state index in [-0.39, 0.29) is 0 Å². The minimum atomic E-state index is 0.557. The molecule has 156 valence electrons. The van der Waals surface area contributed by atoms with Crippen LogP contribution in [0, 0.1) is 0 Å². The Labute approximate surface area is 182 Å². The Morgan fingerprint density at radius 1 is 0.733 bits per heavy atom. The minimum absolute atomic E-state index is 0.557. The molecule has 1 aliphatic carbocycles. The summed E-state index contributed by atoms with van der Waals surface area (Å²) < 4.78 is 5.58. The van der Waals surface area contributed by atoms with Gasteiger partial charge in [-0.25, -0.2) is 0 Å². The van der Waals surface area contributed by atoms with Gasteiger partial charge in [-0.05, 0) is 91.2 Å². The zero-order chi connectivity index (χ0) is 20.8. The highest BCUT2D eigenvalue weighted by Gasteiger charge is 2.23. The fraction of sp³-hybridized carbons (Fsp3) is 0.379. The van der Waals surface area contributed by atoms with E-state index in [1.54, 1.807) is 0 Å². The molecule has 0 bridgehead atoms. The predicted molar refractivity (Wildman–Crippen MR) is 127 cm³/mol. The van der Waals surface area contributed by atoms with E-state index in [1.165, 1.54) is 47.9 Å². The quantitative estimate of drug-likeness (QED) is 0.393.